The molecule has 3 aromatic rings. The van der Waals surface area contributed by atoms with E-state index in [1.54, 1.807) is 24.4 Å². The third kappa shape index (κ3) is 3.91. The van der Waals surface area contributed by atoms with Gasteiger partial charge in [-0.3, -0.25) is 9.78 Å². The number of pyridine rings is 1. The summed E-state index contributed by atoms with van der Waals surface area (Å²) in [5, 5.41) is 4.04. The number of fused-ring (bicyclic) bond motifs is 2. The summed E-state index contributed by atoms with van der Waals surface area (Å²) in [7, 11) is -3.67. The molecule has 1 atom stereocenters. The highest BCUT2D eigenvalue weighted by atomic mass is 32.2. The molecule has 1 N–H and O–H groups in total. The molecule has 1 saturated heterocycles. The van der Waals surface area contributed by atoms with Crippen LogP contribution in [0.4, 0.5) is 0 Å². The number of hydrogen-bond acceptors (Lipinski definition) is 4. The van der Waals surface area contributed by atoms with Gasteiger partial charge >= 0.3 is 0 Å². The van der Waals surface area contributed by atoms with Gasteiger partial charge in [-0.25, -0.2) is 8.42 Å². The topological polar surface area (TPSA) is 79.4 Å². The van der Waals surface area contributed by atoms with Gasteiger partial charge in [-0.05, 0) is 55.4 Å². The molecule has 1 amide bonds. The van der Waals surface area contributed by atoms with E-state index in [4.69, 9.17) is 0 Å². The standard InChI is InChI=1S/C25H27N3O3S/c29-25(27-22-11-3-7-18-6-1-2-10-21(18)22)20-13-16-28(17-14-20)32(30,31)23-12-4-8-19-9-5-15-26-24(19)23/h1-2,4-6,8-10,12,15,20,22H,3,7,11,13-14,16-17H2,(H,27,29). The zero-order valence-electron chi connectivity index (χ0n) is 17.9. The molecule has 1 fully saturated rings. The Morgan fingerprint density at radius 2 is 1.75 bits per heavy atom. The van der Waals surface area contributed by atoms with E-state index in [2.05, 4.69) is 22.4 Å². The predicted octanol–water partition coefficient (Wildman–Crippen LogP) is 3.83. The van der Waals surface area contributed by atoms with Crippen molar-refractivity contribution in [3.63, 3.8) is 0 Å². The number of nitrogens with zero attached hydrogens (tertiary/aromatic N) is 2. The Balaban J connectivity index is 1.27. The molecule has 0 radical (unpaired) electrons. The van der Waals surface area contributed by atoms with Gasteiger partial charge in [-0.2, -0.15) is 4.31 Å². The first-order valence-corrected chi connectivity index (χ1v) is 12.7. The molecule has 0 bridgehead atoms. The minimum absolute atomic E-state index is 0.0376. The van der Waals surface area contributed by atoms with Crippen molar-refractivity contribution in [3.8, 4) is 0 Å². The van der Waals surface area contributed by atoms with Gasteiger partial charge in [0.25, 0.3) is 0 Å². The van der Waals surface area contributed by atoms with Crippen LogP contribution in [0.1, 0.15) is 42.9 Å². The van der Waals surface area contributed by atoms with E-state index in [9.17, 15) is 13.2 Å². The van der Waals surface area contributed by atoms with Crippen LogP contribution in [0.2, 0.25) is 0 Å². The number of aromatic nitrogens is 1. The summed E-state index contributed by atoms with van der Waals surface area (Å²) < 4.78 is 28.1. The SMILES string of the molecule is O=C(NC1CCCc2ccccc21)C1CCN(S(=O)(=O)c2cccc3cccnc23)CC1. The number of hydrogen-bond donors (Lipinski definition) is 1. The number of sulfonamides is 1. The molecule has 1 aliphatic heterocycles. The van der Waals surface area contributed by atoms with Gasteiger partial charge in [0.2, 0.25) is 15.9 Å². The van der Waals surface area contributed by atoms with Gasteiger partial charge in [0.15, 0.2) is 0 Å². The second-order valence-corrected chi connectivity index (χ2v) is 10.6. The van der Waals surface area contributed by atoms with Crippen LogP contribution in [0.15, 0.2) is 65.7 Å². The summed E-state index contributed by atoms with van der Waals surface area (Å²) in [6, 6.07) is 17.3. The normalized spacial score (nSPS) is 20.1. The van der Waals surface area contributed by atoms with Crippen molar-refractivity contribution >= 4 is 26.8 Å². The first kappa shape index (κ1) is 21.1. The summed E-state index contributed by atoms with van der Waals surface area (Å²) in [6.45, 7) is 0.676. The highest BCUT2D eigenvalue weighted by Crippen LogP contribution is 2.31. The van der Waals surface area contributed by atoms with Crippen molar-refractivity contribution in [3.05, 3.63) is 71.9 Å². The van der Waals surface area contributed by atoms with Crippen LogP contribution in [0.5, 0.6) is 0 Å². The first-order chi connectivity index (χ1) is 15.5. The lowest BCUT2D eigenvalue weighted by atomic mass is 9.87. The van der Waals surface area contributed by atoms with Gasteiger partial charge in [0.1, 0.15) is 4.90 Å². The number of aryl methyl sites for hydroxylation is 1. The number of carbonyl (C=O) groups is 1. The Morgan fingerprint density at radius 1 is 0.969 bits per heavy atom. The molecule has 2 aromatic carbocycles. The molecular weight excluding hydrogens is 422 g/mol. The van der Waals surface area contributed by atoms with E-state index in [1.165, 1.54) is 15.4 Å². The zero-order valence-corrected chi connectivity index (χ0v) is 18.7. The second kappa shape index (κ2) is 8.64. The molecule has 1 unspecified atom stereocenters. The zero-order chi connectivity index (χ0) is 22.1. The van der Waals surface area contributed by atoms with Crippen LogP contribution in [-0.2, 0) is 21.2 Å². The molecule has 0 saturated carbocycles. The number of carbonyl (C=O) groups excluding carboxylic acids is 1. The van der Waals surface area contributed by atoms with Crippen LogP contribution < -0.4 is 5.32 Å². The van der Waals surface area contributed by atoms with Crippen LogP contribution in [0, 0.1) is 5.92 Å². The van der Waals surface area contributed by atoms with Crippen molar-refractivity contribution in [2.45, 2.75) is 43.0 Å². The fourth-order valence-electron chi connectivity index (χ4n) is 4.98. The quantitative estimate of drug-likeness (QED) is 0.657. The number of rotatable bonds is 4. The lowest BCUT2D eigenvalue weighted by Gasteiger charge is -2.32. The average Bonchev–Trinajstić information content (AvgIpc) is 2.84. The van der Waals surface area contributed by atoms with Crippen molar-refractivity contribution in [1.82, 2.24) is 14.6 Å². The van der Waals surface area contributed by atoms with Gasteiger partial charge < -0.3 is 5.32 Å². The third-order valence-electron chi connectivity index (χ3n) is 6.72. The molecule has 32 heavy (non-hydrogen) atoms. The highest BCUT2D eigenvalue weighted by molar-refractivity contribution is 7.89. The molecular formula is C25H27N3O3S. The third-order valence-corrected chi connectivity index (χ3v) is 8.65. The van der Waals surface area contributed by atoms with E-state index in [0.29, 0.717) is 31.4 Å². The maximum atomic E-state index is 13.3. The smallest absolute Gasteiger partial charge is 0.245 e. The number of nitrogens with one attached hydrogen (secondary N) is 1. The average molecular weight is 450 g/mol. The van der Waals surface area contributed by atoms with Crippen molar-refractivity contribution in [2.24, 2.45) is 5.92 Å². The molecule has 6 nitrogen and oxygen atoms in total. The number of para-hydroxylation sites is 1. The fraction of sp³-hybridized carbons (Fsp3) is 0.360. The molecule has 0 spiro atoms. The summed E-state index contributed by atoms with van der Waals surface area (Å²) in [5.41, 5.74) is 3.02. The monoisotopic (exact) mass is 449 g/mol. The molecule has 1 aliphatic carbocycles. The minimum atomic E-state index is -3.67. The van der Waals surface area contributed by atoms with E-state index < -0.39 is 10.0 Å². The Bertz CT molecular complexity index is 1240. The van der Waals surface area contributed by atoms with E-state index in [0.717, 1.165) is 24.6 Å². The summed E-state index contributed by atoms with van der Waals surface area (Å²) in [6.07, 6.45) is 5.74. The van der Waals surface area contributed by atoms with Gasteiger partial charge in [-0.15, -0.1) is 0 Å². The Labute approximate surface area is 188 Å². The van der Waals surface area contributed by atoms with Crippen LogP contribution in [0.3, 0.4) is 0 Å². The highest BCUT2D eigenvalue weighted by Gasteiger charge is 2.34. The van der Waals surface area contributed by atoms with Crippen LogP contribution in [0.25, 0.3) is 10.9 Å². The number of piperidine rings is 1. The van der Waals surface area contributed by atoms with Gasteiger partial charge in [-0.1, -0.05) is 42.5 Å². The van der Waals surface area contributed by atoms with Gasteiger partial charge in [0, 0.05) is 30.6 Å². The summed E-state index contributed by atoms with van der Waals surface area (Å²) in [4.78, 5) is 17.5. The van der Waals surface area contributed by atoms with Crippen LogP contribution >= 0.6 is 0 Å². The second-order valence-electron chi connectivity index (χ2n) is 8.66. The first-order valence-electron chi connectivity index (χ1n) is 11.3. The van der Waals surface area contributed by atoms with E-state index in [-0.39, 0.29) is 22.8 Å². The summed E-state index contributed by atoms with van der Waals surface area (Å²) >= 11 is 0. The Hall–Kier alpha value is -2.77. The minimum Gasteiger partial charge on any atom is -0.349 e. The number of benzene rings is 2. The van der Waals surface area contributed by atoms with Crippen molar-refractivity contribution in [2.75, 3.05) is 13.1 Å². The van der Waals surface area contributed by atoms with Crippen molar-refractivity contribution < 1.29 is 13.2 Å². The van der Waals surface area contributed by atoms with Gasteiger partial charge in [0.05, 0.1) is 11.6 Å². The molecule has 7 heteroatoms. The largest absolute Gasteiger partial charge is 0.349 e. The molecule has 2 aliphatic rings. The summed E-state index contributed by atoms with van der Waals surface area (Å²) in [5.74, 6) is -0.128. The van der Waals surface area contributed by atoms with E-state index >= 15 is 0 Å². The lowest BCUT2D eigenvalue weighted by Crippen LogP contribution is -2.44. The maximum absolute atomic E-state index is 13.3. The predicted molar refractivity (Wildman–Crippen MR) is 123 cm³/mol. The van der Waals surface area contributed by atoms with Crippen molar-refractivity contribution in [1.29, 1.82) is 0 Å². The van der Waals surface area contributed by atoms with Crippen LogP contribution in [-0.4, -0.2) is 36.7 Å². The molecule has 1 aromatic heterocycles. The maximum Gasteiger partial charge on any atom is 0.245 e. The Morgan fingerprint density at radius 3 is 2.59 bits per heavy atom. The molecule has 2 heterocycles. The Kier molecular flexibility index (Phi) is 5.69. The fourth-order valence-corrected chi connectivity index (χ4v) is 6.61. The molecule has 166 valence electrons. The van der Waals surface area contributed by atoms with E-state index in [1.807, 2.05) is 24.3 Å². The molecule has 5 rings (SSSR count). The lowest BCUT2D eigenvalue weighted by molar-refractivity contribution is -0.127. The number of amides is 1.